The second kappa shape index (κ2) is 8.45. The predicted molar refractivity (Wildman–Crippen MR) is 147 cm³/mol. The van der Waals surface area contributed by atoms with Gasteiger partial charge in [-0.05, 0) is 22.3 Å². The third-order valence-electron chi connectivity index (χ3n) is 5.33. The molecule has 0 bridgehead atoms. The van der Waals surface area contributed by atoms with Gasteiger partial charge in [-0.1, -0.05) is 38.8 Å². The molecule has 31 heavy (non-hydrogen) atoms. The summed E-state index contributed by atoms with van der Waals surface area (Å²) in [7, 11) is 79.7. The Kier molecular flexibility index (Phi) is 6.59. The molecule has 3 aromatic carbocycles. The molecule has 0 aromatic heterocycles. The first kappa shape index (κ1) is 24.2. The van der Waals surface area contributed by atoms with Crippen LogP contribution in [0.1, 0.15) is 0 Å². The van der Waals surface area contributed by atoms with Gasteiger partial charge in [0, 0.05) is 0 Å². The minimum Gasteiger partial charge on any atom is -0.112 e. The van der Waals surface area contributed by atoms with E-state index in [4.69, 9.17) is 102 Å². The lowest BCUT2D eigenvalue weighted by atomic mass is 9.55. The van der Waals surface area contributed by atoms with Gasteiger partial charge in [0.05, 0.1) is 0 Å². The van der Waals surface area contributed by atoms with Gasteiger partial charge in [-0.25, -0.2) is 0 Å². The highest BCUT2D eigenvalue weighted by Gasteiger charge is 2.22. The predicted octanol–water partition coefficient (Wildman–Crippen LogP) is -10.7. The van der Waals surface area contributed by atoms with E-state index < -0.39 is 0 Å². The standard InChI is InChI=1S/C18HB13/c19-2-1-3(20)8(21)5(7-11(24)15(28)18(31)16(29)12(7)25)4(2)6-9(22)13(26)17(30)14(27)10(6)23/h1H. The molecule has 13 heteroatoms. The van der Waals surface area contributed by atoms with Crippen LogP contribution < -0.4 is 71.0 Å². The number of hydrogen-bond acceptors (Lipinski definition) is 0. The summed E-state index contributed by atoms with van der Waals surface area (Å²) in [5.41, 5.74) is 1.24. The maximum Gasteiger partial charge on any atom is 0.114 e. The second-order valence-electron chi connectivity index (χ2n) is 7.11. The van der Waals surface area contributed by atoms with Gasteiger partial charge in [0.1, 0.15) is 102 Å². The molecule has 3 rings (SSSR count). The maximum absolute atomic E-state index is 6.33. The minimum atomic E-state index is 0.00493. The zero-order valence-electron chi connectivity index (χ0n) is 16.6. The lowest BCUT2D eigenvalue weighted by Gasteiger charge is -2.30. The molecule has 0 spiro atoms. The van der Waals surface area contributed by atoms with Crippen LogP contribution in [-0.4, -0.2) is 102 Å². The van der Waals surface area contributed by atoms with Crippen molar-refractivity contribution in [3.05, 3.63) is 6.07 Å². The molecule has 0 nitrogen and oxygen atoms in total. The first-order valence-corrected chi connectivity index (χ1v) is 8.83. The molecule has 112 valence electrons. The molecule has 0 heterocycles. The fraction of sp³-hybridized carbons (Fsp3) is 0. The maximum atomic E-state index is 6.33. The second-order valence-corrected chi connectivity index (χ2v) is 7.11. The quantitative estimate of drug-likeness (QED) is 0.400. The smallest absolute Gasteiger partial charge is 0.112 e. The molecule has 0 N–H and O–H groups in total. The van der Waals surface area contributed by atoms with Crippen LogP contribution in [0.4, 0.5) is 0 Å². The Morgan fingerprint density at radius 3 is 0.903 bits per heavy atom. The Morgan fingerprint density at radius 1 is 0.258 bits per heavy atom. The topological polar surface area (TPSA) is 0 Å². The Bertz CT molecular complexity index is 1200. The molecule has 26 radical (unpaired) electrons. The van der Waals surface area contributed by atoms with Crippen molar-refractivity contribution in [2.45, 2.75) is 0 Å². The summed E-state index contributed by atoms with van der Waals surface area (Å²) in [6.07, 6.45) is 0. The summed E-state index contributed by atoms with van der Waals surface area (Å²) in [6.45, 7) is 0. The molecular formula is C18HB13. The highest BCUT2D eigenvalue weighted by atomic mass is 14.2. The third-order valence-corrected chi connectivity index (χ3v) is 5.33. The van der Waals surface area contributed by atoms with E-state index in [2.05, 4.69) is 0 Å². The fourth-order valence-corrected chi connectivity index (χ4v) is 3.51. The molecule has 0 aliphatic heterocycles. The van der Waals surface area contributed by atoms with E-state index in [0.717, 1.165) is 0 Å². The van der Waals surface area contributed by atoms with E-state index >= 15 is 0 Å². The molecule has 0 saturated carbocycles. The summed E-state index contributed by atoms with van der Waals surface area (Å²) in [6, 6.07) is 1.42. The first-order valence-electron chi connectivity index (χ1n) is 8.83. The van der Waals surface area contributed by atoms with Crippen molar-refractivity contribution in [2.75, 3.05) is 0 Å². The van der Waals surface area contributed by atoms with Crippen LogP contribution in [0.25, 0.3) is 22.3 Å². The summed E-state index contributed by atoms with van der Waals surface area (Å²) in [5, 5.41) is 0. The lowest BCUT2D eigenvalue weighted by Crippen LogP contribution is -2.57. The van der Waals surface area contributed by atoms with Crippen molar-refractivity contribution in [3.63, 3.8) is 0 Å². The molecule has 0 aliphatic rings. The molecule has 0 saturated heterocycles. The molecular weight excluding hydrogens is 357 g/mol. The molecule has 0 amide bonds. The highest BCUT2D eigenvalue weighted by Crippen LogP contribution is 2.23. The molecule has 0 aliphatic carbocycles. The summed E-state index contributed by atoms with van der Waals surface area (Å²) in [5.74, 6) is 0. The van der Waals surface area contributed by atoms with Crippen LogP contribution in [0.2, 0.25) is 0 Å². The summed E-state index contributed by atoms with van der Waals surface area (Å²) < 4.78 is 0. The Morgan fingerprint density at radius 2 is 0.548 bits per heavy atom. The largest absolute Gasteiger partial charge is 0.114 e. The van der Waals surface area contributed by atoms with Gasteiger partial charge in [-0.15, -0.1) is 38.2 Å². The zero-order valence-corrected chi connectivity index (χ0v) is 16.6. The molecule has 0 atom stereocenters. The van der Waals surface area contributed by atoms with Gasteiger partial charge >= 0.3 is 0 Å². The van der Waals surface area contributed by atoms with Crippen LogP contribution in [0, 0.1) is 0 Å². The van der Waals surface area contributed by atoms with Crippen molar-refractivity contribution in [1.82, 2.24) is 0 Å². The van der Waals surface area contributed by atoms with Crippen LogP contribution >= 0.6 is 0 Å². The van der Waals surface area contributed by atoms with Gasteiger partial charge in [0.15, 0.2) is 0 Å². The molecule has 0 unspecified atom stereocenters. The van der Waals surface area contributed by atoms with Crippen LogP contribution in [-0.2, 0) is 0 Å². The number of hydrogen-bond donors (Lipinski definition) is 0. The van der Waals surface area contributed by atoms with Gasteiger partial charge in [0.2, 0.25) is 0 Å². The SMILES string of the molecule is [B]c1cc([B])c(-c2c([B])c([B])c([B])c([B])c2[B])c(-c2c([B])c([B])c([B])c([B])c2[B])c1[B]. The fourth-order valence-electron chi connectivity index (χ4n) is 3.51. The van der Waals surface area contributed by atoms with Gasteiger partial charge in [-0.3, -0.25) is 0 Å². The zero-order chi connectivity index (χ0) is 23.5. The first-order chi connectivity index (χ1) is 14.3. The van der Waals surface area contributed by atoms with Crippen molar-refractivity contribution in [1.29, 1.82) is 0 Å². The van der Waals surface area contributed by atoms with Crippen LogP contribution in [0.15, 0.2) is 6.07 Å². The van der Waals surface area contributed by atoms with E-state index in [-0.39, 0.29) is 93.3 Å². The van der Waals surface area contributed by atoms with E-state index in [1.165, 1.54) is 6.07 Å². The average molecular weight is 358 g/mol. The monoisotopic (exact) mass is 360 g/mol. The van der Waals surface area contributed by atoms with E-state index in [1.807, 2.05) is 0 Å². The van der Waals surface area contributed by atoms with E-state index in [0.29, 0.717) is 0 Å². The normalized spacial score (nSPS) is 11.0. The van der Waals surface area contributed by atoms with Gasteiger partial charge in [0.25, 0.3) is 0 Å². The lowest BCUT2D eigenvalue weighted by molar-refractivity contribution is 1.78. The van der Waals surface area contributed by atoms with Crippen molar-refractivity contribution < 1.29 is 0 Å². The Balaban J connectivity index is 2.64. The van der Waals surface area contributed by atoms with Crippen LogP contribution in [0.3, 0.4) is 0 Å². The summed E-state index contributed by atoms with van der Waals surface area (Å²) >= 11 is 0. The minimum absolute atomic E-state index is 0.00493. The average Bonchev–Trinajstić information content (AvgIpc) is 2.73. The Hall–Kier alpha value is -1.50. The number of benzene rings is 3. The van der Waals surface area contributed by atoms with Crippen molar-refractivity contribution in [3.8, 4) is 22.3 Å². The van der Waals surface area contributed by atoms with Crippen LogP contribution in [0.5, 0.6) is 0 Å². The van der Waals surface area contributed by atoms with Gasteiger partial charge in [-0.2, -0.15) is 0 Å². The van der Waals surface area contributed by atoms with Crippen molar-refractivity contribution >= 4 is 173 Å². The molecule has 3 aromatic rings. The molecule has 0 fully saturated rings. The van der Waals surface area contributed by atoms with Gasteiger partial charge < -0.3 is 0 Å². The van der Waals surface area contributed by atoms with Crippen molar-refractivity contribution in [2.24, 2.45) is 0 Å². The highest BCUT2D eigenvalue weighted by molar-refractivity contribution is 6.71. The van der Waals surface area contributed by atoms with E-state index in [9.17, 15) is 0 Å². The van der Waals surface area contributed by atoms with E-state index in [1.54, 1.807) is 0 Å². The third kappa shape index (κ3) is 3.61. The summed E-state index contributed by atoms with van der Waals surface area (Å²) in [4.78, 5) is 0. The Labute approximate surface area is 201 Å². The number of rotatable bonds is 2.